The highest BCUT2D eigenvalue weighted by Gasteiger charge is 2.17. The first-order valence-electron chi connectivity index (χ1n) is 13.4. The second kappa shape index (κ2) is 14.6. The quantitative estimate of drug-likeness (QED) is 0.105. The minimum absolute atomic E-state index is 0.00352. The Hall–Kier alpha value is -4.76. The Morgan fingerprint density at radius 3 is 2.18 bits per heavy atom. The molecule has 3 amide bonds. The summed E-state index contributed by atoms with van der Waals surface area (Å²) in [7, 11) is 0. The van der Waals surface area contributed by atoms with E-state index in [9.17, 15) is 14.4 Å². The minimum Gasteiger partial charge on any atom is -0.457 e. The van der Waals surface area contributed by atoms with Gasteiger partial charge < -0.3 is 20.4 Å². The third-order valence-corrected chi connectivity index (χ3v) is 7.75. The van der Waals surface area contributed by atoms with Gasteiger partial charge in [-0.2, -0.15) is 0 Å². The van der Waals surface area contributed by atoms with Crippen LogP contribution in [0.3, 0.4) is 0 Å². The Morgan fingerprint density at radius 2 is 1.48 bits per heavy atom. The zero-order valence-electron chi connectivity index (χ0n) is 23.1. The van der Waals surface area contributed by atoms with E-state index in [0.29, 0.717) is 38.5 Å². The fraction of sp³-hybridized carbons (Fsp3) is 0.0294. The largest absolute Gasteiger partial charge is 0.457 e. The summed E-state index contributed by atoms with van der Waals surface area (Å²) in [4.78, 5) is 39.5. The molecule has 44 heavy (non-hydrogen) atoms. The molecular weight excluding hydrogens is 617 g/mol. The number of thioether (sulfide) groups is 1. The van der Waals surface area contributed by atoms with E-state index < -0.39 is 11.8 Å². The number of hydrogen-bond donors (Lipinski definition) is 3. The van der Waals surface area contributed by atoms with Gasteiger partial charge in [0.2, 0.25) is 5.91 Å². The summed E-state index contributed by atoms with van der Waals surface area (Å²) < 4.78 is 5.94. The van der Waals surface area contributed by atoms with Gasteiger partial charge in [0.1, 0.15) is 17.2 Å². The van der Waals surface area contributed by atoms with Gasteiger partial charge >= 0.3 is 0 Å². The lowest BCUT2D eigenvalue weighted by atomic mass is 10.2. The van der Waals surface area contributed by atoms with Gasteiger partial charge in [0.15, 0.2) is 0 Å². The lowest BCUT2D eigenvalue weighted by molar-refractivity contribution is -0.114. The van der Waals surface area contributed by atoms with E-state index in [1.165, 1.54) is 17.8 Å². The highest BCUT2D eigenvalue weighted by Crippen LogP contribution is 2.27. The number of amides is 3. The average Bonchev–Trinajstić information content (AvgIpc) is 3.51. The van der Waals surface area contributed by atoms with Crippen LogP contribution in [0.5, 0.6) is 0 Å². The molecule has 0 saturated heterocycles. The predicted molar refractivity (Wildman–Crippen MR) is 177 cm³/mol. The molecule has 5 aromatic rings. The molecule has 0 radical (unpaired) electrons. The number of furan rings is 1. The number of halogens is 2. The van der Waals surface area contributed by atoms with E-state index in [1.807, 2.05) is 30.3 Å². The molecule has 5 rings (SSSR count). The molecule has 1 heterocycles. The minimum atomic E-state index is -0.536. The van der Waals surface area contributed by atoms with Crippen LogP contribution >= 0.6 is 35.0 Å². The van der Waals surface area contributed by atoms with E-state index in [2.05, 4.69) is 16.0 Å². The van der Waals surface area contributed by atoms with Crippen LogP contribution in [-0.4, -0.2) is 23.5 Å². The maximum Gasteiger partial charge on any atom is 0.272 e. The van der Waals surface area contributed by atoms with Crippen molar-refractivity contribution in [2.75, 3.05) is 16.4 Å². The van der Waals surface area contributed by atoms with Gasteiger partial charge in [-0.25, -0.2) is 0 Å². The highest BCUT2D eigenvalue weighted by molar-refractivity contribution is 8.00. The normalized spacial score (nSPS) is 11.1. The van der Waals surface area contributed by atoms with Gasteiger partial charge in [-0.15, -0.1) is 11.8 Å². The summed E-state index contributed by atoms with van der Waals surface area (Å²) in [6.07, 6.45) is 1.48. The van der Waals surface area contributed by atoms with Crippen molar-refractivity contribution in [2.24, 2.45) is 0 Å². The van der Waals surface area contributed by atoms with E-state index in [4.69, 9.17) is 27.6 Å². The Balaban J connectivity index is 1.25. The van der Waals surface area contributed by atoms with Crippen LogP contribution in [0.25, 0.3) is 17.4 Å². The predicted octanol–water partition coefficient (Wildman–Crippen LogP) is 8.39. The second-order valence-corrected chi connectivity index (χ2v) is 11.3. The molecule has 1 aromatic heterocycles. The topological polar surface area (TPSA) is 100 Å². The lowest BCUT2D eigenvalue weighted by Crippen LogP contribution is -2.30. The number of nitrogens with one attached hydrogen (secondary N) is 3. The summed E-state index contributed by atoms with van der Waals surface area (Å²) >= 11 is 13.4. The average molecular weight is 643 g/mol. The second-order valence-electron chi connectivity index (χ2n) is 9.39. The summed E-state index contributed by atoms with van der Waals surface area (Å²) in [6, 6.07) is 33.5. The van der Waals surface area contributed by atoms with E-state index >= 15 is 0 Å². The molecular formula is C34H25Cl2N3O4S. The molecule has 0 fully saturated rings. The van der Waals surface area contributed by atoms with Crippen molar-refractivity contribution >= 4 is 70.1 Å². The number of benzene rings is 4. The van der Waals surface area contributed by atoms with Crippen molar-refractivity contribution in [2.45, 2.75) is 4.90 Å². The molecule has 4 aromatic carbocycles. The Kier molecular flexibility index (Phi) is 10.2. The Labute approximate surface area is 268 Å². The lowest BCUT2D eigenvalue weighted by Gasteiger charge is -2.11. The van der Waals surface area contributed by atoms with Crippen molar-refractivity contribution in [1.29, 1.82) is 0 Å². The van der Waals surface area contributed by atoms with E-state index in [1.54, 1.807) is 84.9 Å². The monoisotopic (exact) mass is 641 g/mol. The third kappa shape index (κ3) is 8.41. The Morgan fingerprint density at radius 1 is 0.773 bits per heavy atom. The third-order valence-electron chi connectivity index (χ3n) is 6.19. The highest BCUT2D eigenvalue weighted by atomic mass is 35.5. The molecule has 7 nitrogen and oxygen atoms in total. The van der Waals surface area contributed by atoms with Crippen molar-refractivity contribution < 1.29 is 18.8 Å². The molecule has 3 N–H and O–H groups in total. The van der Waals surface area contributed by atoms with Crippen molar-refractivity contribution in [3.8, 4) is 11.3 Å². The van der Waals surface area contributed by atoms with Crippen LogP contribution in [-0.2, 0) is 9.59 Å². The number of rotatable bonds is 10. The zero-order chi connectivity index (χ0) is 30.9. The van der Waals surface area contributed by atoms with Crippen molar-refractivity contribution in [3.63, 3.8) is 0 Å². The van der Waals surface area contributed by atoms with Crippen LogP contribution in [0.15, 0.2) is 130 Å². The van der Waals surface area contributed by atoms with Crippen LogP contribution in [0, 0.1) is 0 Å². The molecule has 0 atom stereocenters. The van der Waals surface area contributed by atoms with Gasteiger partial charge in [-0.05, 0) is 66.7 Å². The standard InChI is InChI=1S/C34H25Cl2N3O4S/c35-24-11-17-29(28(36)19-24)38-32(40)21-44-27-15-12-25(13-16-27)37-34(42)30(39-33(41)23-9-5-2-6-10-23)20-26-14-18-31(43-26)22-7-3-1-4-8-22/h1-20H,21H2,(H,37,42)(H,38,40)(H,39,41). The molecule has 0 bridgehead atoms. The van der Waals surface area contributed by atoms with Crippen molar-refractivity contribution in [1.82, 2.24) is 5.32 Å². The number of anilines is 2. The van der Waals surface area contributed by atoms with Gasteiger partial charge in [0, 0.05) is 32.8 Å². The smallest absolute Gasteiger partial charge is 0.272 e. The zero-order valence-corrected chi connectivity index (χ0v) is 25.4. The maximum absolute atomic E-state index is 13.4. The van der Waals surface area contributed by atoms with Gasteiger partial charge in [-0.1, -0.05) is 71.7 Å². The van der Waals surface area contributed by atoms with Crippen LogP contribution < -0.4 is 16.0 Å². The Bertz CT molecular complexity index is 1810. The SMILES string of the molecule is O=C(CSc1ccc(NC(=O)C(=Cc2ccc(-c3ccccc3)o2)NC(=O)c2ccccc2)cc1)Nc1ccc(Cl)cc1Cl. The molecule has 0 spiro atoms. The van der Waals surface area contributed by atoms with Gasteiger partial charge in [0.25, 0.3) is 11.8 Å². The fourth-order valence-electron chi connectivity index (χ4n) is 4.03. The molecule has 0 unspecified atom stereocenters. The molecule has 0 aliphatic carbocycles. The van der Waals surface area contributed by atoms with Crippen LogP contribution in [0.4, 0.5) is 11.4 Å². The van der Waals surface area contributed by atoms with Gasteiger partial charge in [0.05, 0.1) is 16.5 Å². The van der Waals surface area contributed by atoms with Crippen LogP contribution in [0.1, 0.15) is 16.1 Å². The molecule has 0 saturated carbocycles. The number of carbonyl (C=O) groups excluding carboxylic acids is 3. The summed E-state index contributed by atoms with van der Waals surface area (Å²) in [5.74, 6) is -0.0273. The van der Waals surface area contributed by atoms with Gasteiger partial charge in [-0.3, -0.25) is 14.4 Å². The fourth-order valence-corrected chi connectivity index (χ4v) is 5.19. The first-order valence-corrected chi connectivity index (χ1v) is 15.1. The first kappa shape index (κ1) is 30.7. The summed E-state index contributed by atoms with van der Waals surface area (Å²) in [5, 5.41) is 9.12. The molecule has 0 aliphatic heterocycles. The molecule has 220 valence electrons. The number of carbonyl (C=O) groups is 3. The molecule has 0 aliphatic rings. The van der Waals surface area contributed by atoms with Crippen LogP contribution in [0.2, 0.25) is 10.0 Å². The summed E-state index contributed by atoms with van der Waals surface area (Å²) in [6.45, 7) is 0. The maximum atomic E-state index is 13.4. The summed E-state index contributed by atoms with van der Waals surface area (Å²) in [5.41, 5.74) is 2.27. The van der Waals surface area contributed by atoms with E-state index in [-0.39, 0.29) is 17.4 Å². The molecule has 10 heteroatoms. The number of hydrogen-bond acceptors (Lipinski definition) is 5. The first-order chi connectivity index (χ1) is 21.3. The van der Waals surface area contributed by atoms with Crippen molar-refractivity contribution in [3.05, 3.63) is 142 Å². The van der Waals surface area contributed by atoms with E-state index in [0.717, 1.165) is 10.5 Å².